The van der Waals surface area contributed by atoms with Crippen molar-refractivity contribution in [2.75, 3.05) is 44.6 Å². The summed E-state index contributed by atoms with van der Waals surface area (Å²) in [6.45, 7) is 5.49. The van der Waals surface area contributed by atoms with E-state index in [0.717, 1.165) is 29.8 Å². The van der Waals surface area contributed by atoms with E-state index in [9.17, 15) is 0 Å². The molecule has 1 aromatic heterocycles. The molecule has 0 amide bonds. The first kappa shape index (κ1) is 17.0. The predicted octanol–water partition coefficient (Wildman–Crippen LogP) is 2.63. The summed E-state index contributed by atoms with van der Waals surface area (Å²) in [6.07, 6.45) is 3.11. The molecule has 2 N–H and O–H groups in total. The van der Waals surface area contributed by atoms with Gasteiger partial charge in [-0.1, -0.05) is 25.6 Å². The van der Waals surface area contributed by atoms with Crippen molar-refractivity contribution in [3.05, 3.63) is 6.07 Å². The SMILES string of the molecule is CNc1cc(NC(CC(C)C)CN(C)C)nc(SC)n1. The molecule has 0 bridgehead atoms. The second kappa shape index (κ2) is 8.32. The molecule has 0 aromatic carbocycles. The van der Waals surface area contributed by atoms with Gasteiger partial charge in [0.1, 0.15) is 11.6 Å². The van der Waals surface area contributed by atoms with E-state index in [4.69, 9.17) is 0 Å². The van der Waals surface area contributed by atoms with Crippen LogP contribution in [0.3, 0.4) is 0 Å². The Bertz CT molecular complexity index is 376. The Balaban J connectivity index is 2.85. The Labute approximate surface area is 127 Å². The molecule has 1 atom stereocenters. The zero-order chi connectivity index (χ0) is 15.1. The lowest BCUT2D eigenvalue weighted by molar-refractivity contribution is 0.356. The molecule has 0 aliphatic rings. The summed E-state index contributed by atoms with van der Waals surface area (Å²) >= 11 is 1.55. The van der Waals surface area contributed by atoms with Crippen LogP contribution in [0.25, 0.3) is 0 Å². The fraction of sp³-hybridized carbons (Fsp3) is 0.714. The maximum absolute atomic E-state index is 4.54. The van der Waals surface area contributed by atoms with Crippen LogP contribution in [0.4, 0.5) is 11.6 Å². The third kappa shape index (κ3) is 5.96. The van der Waals surface area contributed by atoms with Crippen LogP contribution in [-0.2, 0) is 0 Å². The van der Waals surface area contributed by atoms with Gasteiger partial charge < -0.3 is 15.5 Å². The second-order valence-corrected chi connectivity index (χ2v) is 6.38. The van der Waals surface area contributed by atoms with Gasteiger partial charge in [0.05, 0.1) is 0 Å². The Hall–Kier alpha value is -1.01. The van der Waals surface area contributed by atoms with Crippen molar-refractivity contribution in [1.82, 2.24) is 14.9 Å². The van der Waals surface area contributed by atoms with E-state index < -0.39 is 0 Å². The maximum Gasteiger partial charge on any atom is 0.191 e. The van der Waals surface area contributed by atoms with Gasteiger partial charge in [-0.05, 0) is 32.7 Å². The molecular weight excluding hydrogens is 270 g/mol. The number of thioether (sulfide) groups is 1. The maximum atomic E-state index is 4.54. The molecule has 1 rings (SSSR count). The molecule has 20 heavy (non-hydrogen) atoms. The lowest BCUT2D eigenvalue weighted by Gasteiger charge is -2.24. The summed E-state index contributed by atoms with van der Waals surface area (Å²) in [6, 6.07) is 2.35. The summed E-state index contributed by atoms with van der Waals surface area (Å²) in [4.78, 5) is 11.1. The third-order valence-electron chi connectivity index (χ3n) is 2.84. The fourth-order valence-corrected chi connectivity index (χ4v) is 2.50. The normalized spacial score (nSPS) is 12.8. The molecule has 1 heterocycles. The van der Waals surface area contributed by atoms with Crippen LogP contribution < -0.4 is 10.6 Å². The van der Waals surface area contributed by atoms with Crippen molar-refractivity contribution >= 4 is 23.4 Å². The van der Waals surface area contributed by atoms with Crippen molar-refractivity contribution in [1.29, 1.82) is 0 Å². The number of aromatic nitrogens is 2. The molecule has 0 radical (unpaired) electrons. The highest BCUT2D eigenvalue weighted by atomic mass is 32.2. The van der Waals surface area contributed by atoms with Crippen LogP contribution in [0.2, 0.25) is 0 Å². The first-order valence-electron chi connectivity index (χ1n) is 6.96. The van der Waals surface area contributed by atoms with Crippen LogP contribution in [0, 0.1) is 5.92 Å². The molecule has 1 unspecified atom stereocenters. The Morgan fingerprint density at radius 1 is 1.25 bits per heavy atom. The largest absolute Gasteiger partial charge is 0.373 e. The Kier molecular flexibility index (Phi) is 7.09. The Morgan fingerprint density at radius 3 is 2.40 bits per heavy atom. The van der Waals surface area contributed by atoms with Gasteiger partial charge in [0.25, 0.3) is 0 Å². The summed E-state index contributed by atoms with van der Waals surface area (Å²) in [7, 11) is 6.07. The molecule has 6 heteroatoms. The molecule has 0 saturated heterocycles. The smallest absolute Gasteiger partial charge is 0.191 e. The van der Waals surface area contributed by atoms with Gasteiger partial charge in [-0.25, -0.2) is 9.97 Å². The highest BCUT2D eigenvalue weighted by molar-refractivity contribution is 7.98. The summed E-state index contributed by atoms with van der Waals surface area (Å²) < 4.78 is 0. The van der Waals surface area contributed by atoms with Crippen molar-refractivity contribution in [3.63, 3.8) is 0 Å². The standard InChI is InChI=1S/C14H27N5S/c1-10(2)7-11(9-19(4)5)16-13-8-12(15-3)17-14(18-13)20-6/h8,10-11H,7,9H2,1-6H3,(H2,15,16,17,18). The van der Waals surface area contributed by atoms with Crippen LogP contribution >= 0.6 is 11.8 Å². The summed E-state index contributed by atoms with van der Waals surface area (Å²) in [5, 5.41) is 7.41. The zero-order valence-electron chi connectivity index (χ0n) is 13.4. The van der Waals surface area contributed by atoms with Crippen LogP contribution in [-0.4, -0.2) is 54.9 Å². The number of anilines is 2. The van der Waals surface area contributed by atoms with E-state index in [2.05, 4.69) is 53.4 Å². The van der Waals surface area contributed by atoms with Crippen molar-refractivity contribution in [2.45, 2.75) is 31.5 Å². The highest BCUT2D eigenvalue weighted by Crippen LogP contribution is 2.19. The third-order valence-corrected chi connectivity index (χ3v) is 3.39. The fourth-order valence-electron chi connectivity index (χ4n) is 2.12. The highest BCUT2D eigenvalue weighted by Gasteiger charge is 2.13. The minimum atomic E-state index is 0.388. The van der Waals surface area contributed by atoms with Gasteiger partial charge in [0.2, 0.25) is 0 Å². The van der Waals surface area contributed by atoms with E-state index in [1.807, 2.05) is 19.4 Å². The lowest BCUT2D eigenvalue weighted by atomic mass is 10.0. The molecule has 114 valence electrons. The van der Waals surface area contributed by atoms with E-state index >= 15 is 0 Å². The number of nitrogens with one attached hydrogen (secondary N) is 2. The number of likely N-dealkylation sites (N-methyl/N-ethyl adjacent to an activating group) is 1. The van der Waals surface area contributed by atoms with E-state index in [1.54, 1.807) is 11.8 Å². The minimum absolute atomic E-state index is 0.388. The first-order chi connectivity index (χ1) is 9.44. The number of rotatable bonds is 8. The zero-order valence-corrected chi connectivity index (χ0v) is 14.2. The summed E-state index contributed by atoms with van der Waals surface area (Å²) in [5.74, 6) is 2.39. The van der Waals surface area contributed by atoms with Gasteiger partial charge in [0.15, 0.2) is 5.16 Å². The Morgan fingerprint density at radius 2 is 1.90 bits per heavy atom. The summed E-state index contributed by atoms with van der Waals surface area (Å²) in [5.41, 5.74) is 0. The molecule has 0 fully saturated rings. The monoisotopic (exact) mass is 297 g/mol. The average Bonchev–Trinajstić information content (AvgIpc) is 2.36. The van der Waals surface area contributed by atoms with Gasteiger partial charge in [-0.3, -0.25) is 0 Å². The van der Waals surface area contributed by atoms with Crippen LogP contribution in [0.1, 0.15) is 20.3 Å². The number of hydrogen-bond acceptors (Lipinski definition) is 6. The van der Waals surface area contributed by atoms with Crippen LogP contribution in [0.15, 0.2) is 11.2 Å². The minimum Gasteiger partial charge on any atom is -0.373 e. The quantitative estimate of drug-likeness (QED) is 0.568. The van der Waals surface area contributed by atoms with Crippen molar-refractivity contribution in [3.8, 4) is 0 Å². The van der Waals surface area contributed by atoms with Gasteiger partial charge >= 0.3 is 0 Å². The lowest BCUT2D eigenvalue weighted by Crippen LogP contribution is -2.33. The number of hydrogen-bond donors (Lipinski definition) is 2. The molecule has 0 aliphatic heterocycles. The molecular formula is C14H27N5S. The van der Waals surface area contributed by atoms with Crippen molar-refractivity contribution in [2.24, 2.45) is 5.92 Å². The second-order valence-electron chi connectivity index (χ2n) is 5.61. The van der Waals surface area contributed by atoms with Gasteiger partial charge in [-0.2, -0.15) is 0 Å². The van der Waals surface area contributed by atoms with E-state index in [1.165, 1.54) is 0 Å². The topological polar surface area (TPSA) is 53.1 Å². The average molecular weight is 297 g/mol. The van der Waals surface area contributed by atoms with Crippen LogP contribution in [0.5, 0.6) is 0 Å². The van der Waals surface area contributed by atoms with Crippen molar-refractivity contribution < 1.29 is 0 Å². The molecule has 1 aromatic rings. The number of nitrogens with zero attached hydrogens (tertiary/aromatic N) is 3. The van der Waals surface area contributed by atoms with E-state index in [0.29, 0.717) is 12.0 Å². The first-order valence-corrected chi connectivity index (χ1v) is 8.19. The molecule has 0 aliphatic carbocycles. The molecule has 0 saturated carbocycles. The van der Waals surface area contributed by atoms with Gasteiger partial charge in [0, 0.05) is 25.7 Å². The molecule has 5 nitrogen and oxygen atoms in total. The van der Waals surface area contributed by atoms with E-state index in [-0.39, 0.29) is 0 Å². The predicted molar refractivity (Wildman–Crippen MR) is 88.8 cm³/mol. The molecule has 0 spiro atoms. The van der Waals surface area contributed by atoms with Gasteiger partial charge in [-0.15, -0.1) is 0 Å².